The van der Waals surface area contributed by atoms with Crippen LogP contribution >= 0.6 is 0 Å². The van der Waals surface area contributed by atoms with E-state index in [9.17, 15) is 9.90 Å². The first-order valence-corrected chi connectivity index (χ1v) is 6.41. The Kier molecular flexibility index (Phi) is 2.85. The van der Waals surface area contributed by atoms with Crippen LogP contribution in [0.4, 0.5) is 0 Å². The Bertz CT molecular complexity index is 596. The molecule has 3 heterocycles. The standard InChI is InChI=1S/C14H17NO4/c1-9(2)10-7-12-14(18-5-6-19-14)3-4-15(12)13(17)11(10)8-16/h7,16H,1,3-6,8H2,2H3. The smallest absolute Gasteiger partial charge is 0.257 e. The van der Waals surface area contributed by atoms with Crippen LogP contribution in [0.25, 0.3) is 5.57 Å². The van der Waals surface area contributed by atoms with E-state index in [1.165, 1.54) is 0 Å². The zero-order valence-electron chi connectivity index (χ0n) is 10.9. The van der Waals surface area contributed by atoms with E-state index in [1.54, 1.807) is 4.57 Å². The zero-order valence-corrected chi connectivity index (χ0v) is 10.9. The maximum Gasteiger partial charge on any atom is 0.257 e. The summed E-state index contributed by atoms with van der Waals surface area (Å²) in [5.41, 5.74) is 2.41. The summed E-state index contributed by atoms with van der Waals surface area (Å²) in [6.45, 7) is 7.05. The molecule has 2 aliphatic heterocycles. The summed E-state index contributed by atoms with van der Waals surface area (Å²) in [6, 6.07) is 1.87. The number of allylic oxidation sites excluding steroid dienone is 1. The third kappa shape index (κ3) is 1.69. The number of nitrogens with zero attached hydrogens (tertiary/aromatic N) is 1. The maximum absolute atomic E-state index is 12.4. The Balaban J connectivity index is 2.25. The Morgan fingerprint density at radius 1 is 1.53 bits per heavy atom. The number of hydrogen-bond donors (Lipinski definition) is 1. The highest BCUT2D eigenvalue weighted by Gasteiger charge is 2.45. The molecule has 0 amide bonds. The molecule has 19 heavy (non-hydrogen) atoms. The highest BCUT2D eigenvalue weighted by molar-refractivity contribution is 5.64. The molecule has 2 aliphatic rings. The van der Waals surface area contributed by atoms with Crippen molar-refractivity contribution in [2.75, 3.05) is 13.2 Å². The van der Waals surface area contributed by atoms with E-state index in [2.05, 4.69) is 6.58 Å². The van der Waals surface area contributed by atoms with Gasteiger partial charge in [-0.05, 0) is 18.6 Å². The molecule has 1 N–H and O–H groups in total. The molecule has 0 aliphatic carbocycles. The summed E-state index contributed by atoms with van der Waals surface area (Å²) in [7, 11) is 0. The molecule has 102 valence electrons. The number of aliphatic hydroxyl groups excluding tert-OH is 1. The van der Waals surface area contributed by atoms with Gasteiger partial charge in [-0.1, -0.05) is 12.2 Å². The van der Waals surface area contributed by atoms with Crippen LogP contribution in [-0.2, 0) is 28.4 Å². The quantitative estimate of drug-likeness (QED) is 0.864. The molecular weight excluding hydrogens is 246 g/mol. The molecule has 1 saturated heterocycles. The molecule has 1 fully saturated rings. The number of fused-ring (bicyclic) bond motifs is 2. The molecule has 5 heteroatoms. The van der Waals surface area contributed by atoms with Gasteiger partial charge in [-0.3, -0.25) is 4.79 Å². The van der Waals surface area contributed by atoms with Gasteiger partial charge >= 0.3 is 0 Å². The second-order valence-electron chi connectivity index (χ2n) is 5.02. The molecule has 0 bridgehead atoms. The average molecular weight is 263 g/mol. The lowest BCUT2D eigenvalue weighted by Crippen LogP contribution is -2.30. The number of hydrogen-bond acceptors (Lipinski definition) is 4. The van der Waals surface area contributed by atoms with Crippen LogP contribution in [0.1, 0.15) is 30.2 Å². The van der Waals surface area contributed by atoms with Crippen LogP contribution in [0.2, 0.25) is 0 Å². The number of rotatable bonds is 2. The lowest BCUT2D eigenvalue weighted by molar-refractivity contribution is -0.163. The summed E-state index contributed by atoms with van der Waals surface area (Å²) in [5.74, 6) is -0.780. The van der Waals surface area contributed by atoms with Crippen molar-refractivity contribution in [3.63, 3.8) is 0 Å². The lowest BCUT2D eigenvalue weighted by Gasteiger charge is -2.23. The molecule has 0 aromatic carbocycles. The summed E-state index contributed by atoms with van der Waals surface area (Å²) in [6.07, 6.45) is 0.632. The fraction of sp³-hybridized carbons (Fsp3) is 0.500. The van der Waals surface area contributed by atoms with Gasteiger partial charge in [0.2, 0.25) is 5.79 Å². The van der Waals surface area contributed by atoms with E-state index in [0.29, 0.717) is 37.3 Å². The molecule has 5 nitrogen and oxygen atoms in total. The van der Waals surface area contributed by atoms with Crippen LogP contribution < -0.4 is 5.56 Å². The molecule has 1 aromatic heterocycles. The monoisotopic (exact) mass is 263 g/mol. The minimum atomic E-state index is -0.780. The summed E-state index contributed by atoms with van der Waals surface area (Å²) in [5, 5.41) is 9.42. The van der Waals surface area contributed by atoms with Gasteiger partial charge in [-0.15, -0.1) is 0 Å². The molecule has 0 radical (unpaired) electrons. The number of aliphatic hydroxyl groups is 1. The van der Waals surface area contributed by atoms with Gasteiger partial charge in [-0.2, -0.15) is 0 Å². The van der Waals surface area contributed by atoms with Crippen molar-refractivity contribution in [2.45, 2.75) is 32.3 Å². The van der Waals surface area contributed by atoms with Gasteiger partial charge in [-0.25, -0.2) is 0 Å². The maximum atomic E-state index is 12.4. The van der Waals surface area contributed by atoms with Crippen molar-refractivity contribution in [2.24, 2.45) is 0 Å². The first-order chi connectivity index (χ1) is 9.09. The first-order valence-electron chi connectivity index (χ1n) is 6.41. The van der Waals surface area contributed by atoms with E-state index in [0.717, 1.165) is 11.3 Å². The van der Waals surface area contributed by atoms with Crippen molar-refractivity contribution in [3.05, 3.63) is 39.8 Å². The van der Waals surface area contributed by atoms with Gasteiger partial charge in [0.15, 0.2) is 0 Å². The molecule has 1 aromatic rings. The largest absolute Gasteiger partial charge is 0.391 e. The Morgan fingerprint density at radius 2 is 2.21 bits per heavy atom. The average Bonchev–Trinajstić information content (AvgIpc) is 2.99. The summed E-state index contributed by atoms with van der Waals surface area (Å²) < 4.78 is 13.1. The number of aromatic nitrogens is 1. The second-order valence-corrected chi connectivity index (χ2v) is 5.02. The summed E-state index contributed by atoms with van der Waals surface area (Å²) >= 11 is 0. The minimum Gasteiger partial charge on any atom is -0.391 e. The van der Waals surface area contributed by atoms with Crippen LogP contribution in [0.3, 0.4) is 0 Å². The predicted octanol–water partition coefficient (Wildman–Crippen LogP) is 0.977. The fourth-order valence-corrected chi connectivity index (χ4v) is 2.89. The molecule has 0 atom stereocenters. The van der Waals surface area contributed by atoms with Crippen molar-refractivity contribution >= 4 is 5.57 Å². The van der Waals surface area contributed by atoms with Gasteiger partial charge < -0.3 is 19.1 Å². The highest BCUT2D eigenvalue weighted by Crippen LogP contribution is 2.40. The van der Waals surface area contributed by atoms with E-state index >= 15 is 0 Å². The van der Waals surface area contributed by atoms with Crippen LogP contribution in [0.5, 0.6) is 0 Å². The minimum absolute atomic E-state index is 0.172. The van der Waals surface area contributed by atoms with Gasteiger partial charge in [0, 0.05) is 13.0 Å². The van der Waals surface area contributed by atoms with Crippen LogP contribution in [0, 0.1) is 0 Å². The number of ether oxygens (including phenoxy) is 2. The second kappa shape index (κ2) is 4.30. The normalized spacial score (nSPS) is 19.9. The van der Waals surface area contributed by atoms with E-state index in [-0.39, 0.29) is 12.2 Å². The third-order valence-electron chi connectivity index (χ3n) is 3.83. The molecular formula is C14H17NO4. The van der Waals surface area contributed by atoms with E-state index in [4.69, 9.17) is 9.47 Å². The van der Waals surface area contributed by atoms with Crippen molar-refractivity contribution < 1.29 is 14.6 Å². The molecule has 0 saturated carbocycles. The van der Waals surface area contributed by atoms with E-state index in [1.807, 2.05) is 13.0 Å². The van der Waals surface area contributed by atoms with E-state index < -0.39 is 5.79 Å². The van der Waals surface area contributed by atoms with Crippen LogP contribution in [-0.4, -0.2) is 22.9 Å². The van der Waals surface area contributed by atoms with Gasteiger partial charge in [0.05, 0.1) is 31.1 Å². The van der Waals surface area contributed by atoms with Crippen molar-refractivity contribution in [3.8, 4) is 0 Å². The van der Waals surface area contributed by atoms with Crippen molar-refractivity contribution in [1.82, 2.24) is 4.57 Å². The number of pyridine rings is 1. The lowest BCUT2D eigenvalue weighted by atomic mass is 10.0. The van der Waals surface area contributed by atoms with Gasteiger partial charge in [0.1, 0.15) is 0 Å². The molecule has 3 rings (SSSR count). The van der Waals surface area contributed by atoms with Crippen LogP contribution in [0.15, 0.2) is 17.4 Å². The fourth-order valence-electron chi connectivity index (χ4n) is 2.89. The molecule has 1 spiro atoms. The molecule has 0 unspecified atom stereocenters. The Morgan fingerprint density at radius 3 is 2.79 bits per heavy atom. The topological polar surface area (TPSA) is 60.7 Å². The van der Waals surface area contributed by atoms with Crippen molar-refractivity contribution in [1.29, 1.82) is 0 Å². The highest BCUT2D eigenvalue weighted by atomic mass is 16.7. The zero-order chi connectivity index (χ0) is 13.6. The van der Waals surface area contributed by atoms with Gasteiger partial charge in [0.25, 0.3) is 5.56 Å². The third-order valence-corrected chi connectivity index (χ3v) is 3.83. The summed E-state index contributed by atoms with van der Waals surface area (Å²) in [4.78, 5) is 12.4. The Hall–Kier alpha value is -1.43. The predicted molar refractivity (Wildman–Crippen MR) is 69.5 cm³/mol. The SMILES string of the molecule is C=C(C)c1cc2n(c(=O)c1CO)CCC21OCCO1. The first kappa shape index (κ1) is 12.6. The Labute approximate surface area is 111 Å².